The van der Waals surface area contributed by atoms with Crippen LogP contribution in [0.3, 0.4) is 0 Å². The lowest BCUT2D eigenvalue weighted by atomic mass is 9.91. The Balaban J connectivity index is 1.04. The molecule has 314 valence electrons. The molecule has 7 rings (SSSR count). The number of aromatic carboxylic acids is 1. The van der Waals surface area contributed by atoms with Gasteiger partial charge in [0, 0.05) is 28.7 Å². The topological polar surface area (TPSA) is 151 Å². The number of nitrogens with one attached hydrogen (secondary N) is 2. The molecule has 1 aliphatic rings. The summed E-state index contributed by atoms with van der Waals surface area (Å²) in [7, 11) is -3.98. The summed E-state index contributed by atoms with van der Waals surface area (Å²) in [6.45, 7) is 4.12. The standard InChI is InChI=1S/C49H48N2O8S2/c1-32-11-25-43(26-12-32)61(56,57)51-44(28-34-7-4-3-5-8-34)47(53)50-29-36-9-6-10-41(27-36)37-17-19-40(20-18-37)49-58-45(31-60-42-23-21-39(22-24-42)48(54)55)33(2)46(59-49)38-15-13-35(30-52)14-16-38/h3-27,33,44-46,49,51-52H,28-31H2,1-2H3,(H,50,53)(H,54,55)/t33-,44-,45+,46+,49+/m1/s1. The predicted molar refractivity (Wildman–Crippen MR) is 236 cm³/mol. The molecule has 10 nitrogen and oxygen atoms in total. The van der Waals surface area contributed by atoms with E-state index < -0.39 is 34.2 Å². The second kappa shape index (κ2) is 19.9. The van der Waals surface area contributed by atoms with Crippen LogP contribution >= 0.6 is 11.8 Å². The van der Waals surface area contributed by atoms with E-state index in [-0.39, 0.29) is 48.2 Å². The minimum atomic E-state index is -3.98. The molecule has 1 amide bonds. The maximum Gasteiger partial charge on any atom is 0.335 e. The van der Waals surface area contributed by atoms with Crippen molar-refractivity contribution in [3.05, 3.63) is 191 Å². The molecule has 4 N–H and O–H groups in total. The Morgan fingerprint density at radius 3 is 2.08 bits per heavy atom. The Hall–Kier alpha value is -5.60. The van der Waals surface area contributed by atoms with E-state index >= 15 is 0 Å². The molecule has 0 spiro atoms. The van der Waals surface area contributed by atoms with Gasteiger partial charge in [0.1, 0.15) is 6.04 Å². The summed E-state index contributed by atoms with van der Waals surface area (Å²) in [5, 5.41) is 21.9. The summed E-state index contributed by atoms with van der Waals surface area (Å²) in [6, 6.07) is 45.2. The number of rotatable bonds is 16. The maximum atomic E-state index is 13.7. The van der Waals surface area contributed by atoms with Gasteiger partial charge in [-0.15, -0.1) is 11.8 Å². The SMILES string of the molecule is Cc1ccc(S(=O)(=O)N[C@H](Cc2ccccc2)C(=O)NCc2cccc(-c3ccc([C@H]4O[C@@H](CSc5ccc(C(=O)O)cc5)[C@@H](C)[C@@H](c5ccc(CO)cc5)O4)cc3)c2)cc1. The molecular formula is C49H48N2O8S2. The van der Waals surface area contributed by atoms with Crippen LogP contribution in [0.25, 0.3) is 11.1 Å². The minimum Gasteiger partial charge on any atom is -0.478 e. The van der Waals surface area contributed by atoms with Crippen molar-refractivity contribution in [2.75, 3.05) is 5.75 Å². The Morgan fingerprint density at radius 2 is 1.41 bits per heavy atom. The van der Waals surface area contributed by atoms with Crippen molar-refractivity contribution in [1.29, 1.82) is 0 Å². The molecule has 0 aromatic heterocycles. The first-order valence-corrected chi connectivity index (χ1v) is 22.5. The van der Waals surface area contributed by atoms with Gasteiger partial charge in [0.05, 0.1) is 29.3 Å². The number of amides is 1. The van der Waals surface area contributed by atoms with Gasteiger partial charge in [-0.3, -0.25) is 4.79 Å². The Morgan fingerprint density at radius 1 is 0.738 bits per heavy atom. The van der Waals surface area contributed by atoms with Crippen LogP contribution in [0.15, 0.2) is 161 Å². The van der Waals surface area contributed by atoms with Crippen LogP contribution in [0.1, 0.15) is 63.1 Å². The van der Waals surface area contributed by atoms with Gasteiger partial charge >= 0.3 is 5.97 Å². The number of hydrogen-bond acceptors (Lipinski definition) is 8. The normalized spacial score (nSPS) is 18.3. The summed E-state index contributed by atoms with van der Waals surface area (Å²) in [6.07, 6.45) is -0.983. The van der Waals surface area contributed by atoms with Crippen LogP contribution in [0.5, 0.6) is 0 Å². The van der Waals surface area contributed by atoms with Gasteiger partial charge in [0.25, 0.3) is 0 Å². The molecule has 1 saturated heterocycles. The average Bonchev–Trinajstić information content (AvgIpc) is 3.28. The highest BCUT2D eigenvalue weighted by Gasteiger charge is 2.38. The number of aryl methyl sites for hydroxylation is 1. The van der Waals surface area contributed by atoms with Crippen LogP contribution in [0.2, 0.25) is 0 Å². The van der Waals surface area contributed by atoms with Crippen LogP contribution in [-0.4, -0.2) is 48.4 Å². The highest BCUT2D eigenvalue weighted by molar-refractivity contribution is 7.99. The van der Waals surface area contributed by atoms with Crippen molar-refractivity contribution in [2.24, 2.45) is 5.92 Å². The smallest absolute Gasteiger partial charge is 0.335 e. The minimum absolute atomic E-state index is 0.0217. The van der Waals surface area contributed by atoms with Gasteiger partial charge in [-0.25, -0.2) is 13.2 Å². The van der Waals surface area contributed by atoms with Crippen molar-refractivity contribution in [2.45, 2.75) is 67.8 Å². The molecule has 12 heteroatoms. The van der Waals surface area contributed by atoms with E-state index in [9.17, 15) is 28.2 Å². The molecule has 0 radical (unpaired) electrons. The zero-order valence-corrected chi connectivity index (χ0v) is 35.4. The van der Waals surface area contributed by atoms with Gasteiger partial charge < -0.3 is 25.0 Å². The fourth-order valence-electron chi connectivity index (χ4n) is 7.20. The molecule has 6 aromatic rings. The second-order valence-electron chi connectivity index (χ2n) is 15.2. The number of thioether (sulfide) groups is 1. The molecule has 5 atom stereocenters. The molecular weight excluding hydrogens is 809 g/mol. The average molecular weight is 857 g/mol. The quantitative estimate of drug-likeness (QED) is 0.0702. The lowest BCUT2D eigenvalue weighted by molar-refractivity contribution is -0.268. The zero-order valence-electron chi connectivity index (χ0n) is 33.8. The molecule has 1 aliphatic heterocycles. The van der Waals surface area contributed by atoms with Crippen LogP contribution in [0, 0.1) is 12.8 Å². The van der Waals surface area contributed by atoms with Gasteiger partial charge in [0.15, 0.2) is 6.29 Å². The van der Waals surface area contributed by atoms with E-state index in [1.807, 2.05) is 122 Å². The number of carbonyl (C=O) groups excluding carboxylic acids is 1. The predicted octanol–water partition coefficient (Wildman–Crippen LogP) is 8.64. The van der Waals surface area contributed by atoms with E-state index in [0.29, 0.717) is 5.75 Å². The molecule has 0 unspecified atom stereocenters. The summed E-state index contributed by atoms with van der Waals surface area (Å²) in [5.74, 6) is -0.810. The highest BCUT2D eigenvalue weighted by atomic mass is 32.2. The number of carboxylic acids is 1. The van der Waals surface area contributed by atoms with Crippen LogP contribution in [-0.2, 0) is 43.9 Å². The van der Waals surface area contributed by atoms with Gasteiger partial charge in [-0.2, -0.15) is 4.72 Å². The van der Waals surface area contributed by atoms with Gasteiger partial charge in [-0.1, -0.05) is 122 Å². The Kier molecular flexibility index (Phi) is 14.2. The first-order chi connectivity index (χ1) is 29.4. The number of hydrogen-bond donors (Lipinski definition) is 4. The molecule has 61 heavy (non-hydrogen) atoms. The van der Waals surface area contributed by atoms with Crippen molar-refractivity contribution in [3.63, 3.8) is 0 Å². The van der Waals surface area contributed by atoms with E-state index in [1.54, 1.807) is 36.0 Å². The van der Waals surface area contributed by atoms with E-state index in [2.05, 4.69) is 17.0 Å². The fourth-order valence-corrected chi connectivity index (χ4v) is 9.46. The lowest BCUT2D eigenvalue weighted by Gasteiger charge is -2.41. The summed E-state index contributed by atoms with van der Waals surface area (Å²) in [5.41, 5.74) is 7.35. The van der Waals surface area contributed by atoms with Crippen LogP contribution < -0.4 is 10.0 Å². The third kappa shape index (κ3) is 11.2. The molecule has 1 heterocycles. The first kappa shape index (κ1) is 43.5. The van der Waals surface area contributed by atoms with E-state index in [1.165, 1.54) is 12.1 Å². The Bertz CT molecular complexity index is 2520. The summed E-state index contributed by atoms with van der Waals surface area (Å²) >= 11 is 1.60. The Labute approximate surface area is 361 Å². The number of ether oxygens (including phenoxy) is 2. The third-order valence-corrected chi connectivity index (χ3v) is 13.4. The van der Waals surface area contributed by atoms with Gasteiger partial charge in [0.2, 0.25) is 15.9 Å². The number of sulfonamides is 1. The highest BCUT2D eigenvalue weighted by Crippen LogP contribution is 2.43. The summed E-state index contributed by atoms with van der Waals surface area (Å²) < 4.78 is 42.7. The molecule has 0 saturated carbocycles. The number of carboxylic acid groups (broad SMARTS) is 1. The maximum absolute atomic E-state index is 13.7. The van der Waals surface area contributed by atoms with Crippen molar-refractivity contribution in [3.8, 4) is 11.1 Å². The number of carbonyl (C=O) groups is 2. The molecule has 1 fully saturated rings. The van der Waals surface area contributed by atoms with Gasteiger partial charge in [-0.05, 0) is 89.2 Å². The molecule has 0 aliphatic carbocycles. The monoisotopic (exact) mass is 856 g/mol. The summed E-state index contributed by atoms with van der Waals surface area (Å²) in [4.78, 5) is 26.1. The number of benzene rings is 6. The zero-order chi connectivity index (χ0) is 42.9. The number of aliphatic hydroxyl groups is 1. The van der Waals surface area contributed by atoms with E-state index in [4.69, 9.17) is 9.47 Å². The van der Waals surface area contributed by atoms with Crippen molar-refractivity contribution < 1.29 is 37.7 Å². The lowest BCUT2D eigenvalue weighted by Crippen LogP contribution is -2.47. The fraction of sp³-hybridized carbons (Fsp3) is 0.224. The number of aliphatic hydroxyl groups excluding tert-OH is 1. The third-order valence-electron chi connectivity index (χ3n) is 10.8. The van der Waals surface area contributed by atoms with E-state index in [0.717, 1.165) is 49.4 Å². The largest absolute Gasteiger partial charge is 0.478 e. The van der Waals surface area contributed by atoms with Crippen molar-refractivity contribution >= 4 is 33.7 Å². The first-order valence-electron chi connectivity index (χ1n) is 20.0. The molecule has 0 bridgehead atoms. The van der Waals surface area contributed by atoms with Crippen molar-refractivity contribution in [1.82, 2.24) is 10.0 Å². The molecule has 6 aromatic carbocycles. The second-order valence-corrected chi connectivity index (χ2v) is 18.0. The van der Waals surface area contributed by atoms with Crippen LogP contribution in [0.4, 0.5) is 0 Å².